The fourth-order valence-corrected chi connectivity index (χ4v) is 4.38. The van der Waals surface area contributed by atoms with Crippen LogP contribution in [0.15, 0.2) is 41.3 Å². The molecule has 27 heavy (non-hydrogen) atoms. The molecule has 0 unspecified atom stereocenters. The highest BCUT2D eigenvalue weighted by molar-refractivity contribution is 7.92. The molecule has 2 aromatic carbocycles. The first-order valence-corrected chi connectivity index (χ1v) is 9.87. The molecule has 1 heterocycles. The lowest BCUT2D eigenvalue weighted by Gasteiger charge is -2.28. The van der Waals surface area contributed by atoms with Gasteiger partial charge in [0, 0.05) is 25.2 Å². The second kappa shape index (κ2) is 6.99. The largest absolute Gasteiger partial charge is 0.312 e. The van der Waals surface area contributed by atoms with Crippen molar-refractivity contribution >= 4 is 33.0 Å². The number of benzene rings is 2. The highest BCUT2D eigenvalue weighted by Gasteiger charge is 2.24. The van der Waals surface area contributed by atoms with E-state index in [-0.39, 0.29) is 27.7 Å². The van der Waals surface area contributed by atoms with E-state index < -0.39 is 14.9 Å². The Morgan fingerprint density at radius 1 is 1.26 bits per heavy atom. The second-order valence-corrected chi connectivity index (χ2v) is 8.06. The average molecular weight is 389 g/mol. The zero-order chi connectivity index (χ0) is 19.8. The third kappa shape index (κ3) is 3.63. The predicted octanol–water partition coefficient (Wildman–Crippen LogP) is 3.00. The number of hydrogen-bond acceptors (Lipinski definition) is 5. The Hall–Kier alpha value is -2.94. The van der Waals surface area contributed by atoms with Crippen LogP contribution in [0.1, 0.15) is 24.5 Å². The van der Waals surface area contributed by atoms with E-state index in [1.165, 1.54) is 38.1 Å². The molecule has 0 saturated heterocycles. The van der Waals surface area contributed by atoms with Crippen LogP contribution >= 0.6 is 0 Å². The number of amides is 1. The molecule has 0 aromatic heterocycles. The molecule has 0 aliphatic carbocycles. The topological polar surface area (TPSA) is 110 Å². The van der Waals surface area contributed by atoms with E-state index in [2.05, 4.69) is 4.72 Å². The minimum absolute atomic E-state index is 0.0533. The van der Waals surface area contributed by atoms with E-state index in [1.54, 1.807) is 17.0 Å². The van der Waals surface area contributed by atoms with Gasteiger partial charge in [0.15, 0.2) is 0 Å². The van der Waals surface area contributed by atoms with Gasteiger partial charge in [-0.3, -0.25) is 19.6 Å². The zero-order valence-electron chi connectivity index (χ0n) is 14.9. The molecule has 0 radical (unpaired) electrons. The minimum Gasteiger partial charge on any atom is -0.312 e. The van der Waals surface area contributed by atoms with E-state index >= 15 is 0 Å². The van der Waals surface area contributed by atoms with E-state index in [4.69, 9.17) is 0 Å². The number of sulfonamides is 1. The number of carbonyl (C=O) groups excluding carboxylic acids is 1. The summed E-state index contributed by atoms with van der Waals surface area (Å²) < 4.78 is 28.0. The number of rotatable bonds is 4. The highest BCUT2D eigenvalue weighted by Crippen LogP contribution is 2.31. The number of nitrogens with zero attached hydrogens (tertiary/aromatic N) is 2. The molecule has 0 spiro atoms. The molecule has 2 aromatic rings. The van der Waals surface area contributed by atoms with Crippen LogP contribution in [0.25, 0.3) is 0 Å². The summed E-state index contributed by atoms with van der Waals surface area (Å²) in [4.78, 5) is 23.9. The molecule has 1 aliphatic heterocycles. The molecular formula is C18H19N3O5S. The molecule has 142 valence electrons. The number of anilines is 2. The fraction of sp³-hybridized carbons (Fsp3) is 0.278. The number of nitro benzene ring substituents is 1. The van der Waals surface area contributed by atoms with E-state index in [9.17, 15) is 23.3 Å². The van der Waals surface area contributed by atoms with Gasteiger partial charge in [-0.15, -0.1) is 0 Å². The van der Waals surface area contributed by atoms with Gasteiger partial charge in [0.2, 0.25) is 5.91 Å². The number of fused-ring (bicyclic) bond motifs is 1. The van der Waals surface area contributed by atoms with Crippen molar-refractivity contribution in [3.63, 3.8) is 0 Å². The van der Waals surface area contributed by atoms with Crippen LogP contribution in [0.4, 0.5) is 17.1 Å². The molecular weight excluding hydrogens is 370 g/mol. The van der Waals surface area contributed by atoms with Crippen LogP contribution in [0.2, 0.25) is 0 Å². The van der Waals surface area contributed by atoms with Gasteiger partial charge in [0.1, 0.15) is 0 Å². The van der Waals surface area contributed by atoms with Crippen molar-refractivity contribution in [2.24, 2.45) is 0 Å². The number of aryl methyl sites for hydroxylation is 1. The molecule has 0 bridgehead atoms. The lowest BCUT2D eigenvalue weighted by molar-refractivity contribution is -0.385. The number of hydrogen-bond donors (Lipinski definition) is 1. The first-order chi connectivity index (χ1) is 12.7. The summed E-state index contributed by atoms with van der Waals surface area (Å²) in [6.45, 7) is 3.58. The molecule has 0 fully saturated rings. The van der Waals surface area contributed by atoms with E-state index in [1.807, 2.05) is 0 Å². The second-order valence-electron chi connectivity index (χ2n) is 6.38. The van der Waals surface area contributed by atoms with Crippen molar-refractivity contribution in [3.05, 3.63) is 57.6 Å². The third-order valence-electron chi connectivity index (χ3n) is 4.61. The number of carbonyl (C=O) groups is 1. The van der Waals surface area contributed by atoms with Crippen LogP contribution in [-0.4, -0.2) is 25.8 Å². The van der Waals surface area contributed by atoms with Gasteiger partial charge in [-0.05, 0) is 49.6 Å². The third-order valence-corrected chi connectivity index (χ3v) is 5.97. The Morgan fingerprint density at radius 2 is 2.00 bits per heavy atom. The van der Waals surface area contributed by atoms with Gasteiger partial charge in [-0.1, -0.05) is 6.07 Å². The molecule has 0 atom stereocenters. The van der Waals surface area contributed by atoms with Gasteiger partial charge < -0.3 is 4.90 Å². The molecule has 9 heteroatoms. The van der Waals surface area contributed by atoms with Crippen molar-refractivity contribution in [2.75, 3.05) is 16.2 Å². The number of nitrogens with one attached hydrogen (secondary N) is 1. The van der Waals surface area contributed by atoms with Crippen molar-refractivity contribution in [1.82, 2.24) is 0 Å². The summed E-state index contributed by atoms with van der Waals surface area (Å²) in [5.41, 5.74) is 1.76. The first kappa shape index (κ1) is 18.8. The maximum atomic E-state index is 12.8. The maximum absolute atomic E-state index is 12.8. The highest BCUT2D eigenvalue weighted by atomic mass is 32.2. The van der Waals surface area contributed by atoms with Crippen LogP contribution in [0.5, 0.6) is 0 Å². The smallest absolute Gasteiger partial charge is 0.274 e. The molecule has 3 rings (SSSR count). The standard InChI is InChI=1S/C18H19N3O5S/c1-12-16(6-3-7-17(12)21(23)24)19-27(25,26)15-8-9-18-14(11-15)5-4-10-20(18)13(2)22/h3,6-9,11,19H,4-5,10H2,1-2H3. The van der Waals surface area contributed by atoms with Crippen LogP contribution < -0.4 is 9.62 Å². The number of nitro groups is 1. The lowest BCUT2D eigenvalue weighted by atomic mass is 10.0. The minimum atomic E-state index is -3.93. The van der Waals surface area contributed by atoms with Gasteiger partial charge in [-0.2, -0.15) is 0 Å². The van der Waals surface area contributed by atoms with Crippen LogP contribution in [0, 0.1) is 17.0 Å². The molecule has 0 saturated carbocycles. The Morgan fingerprint density at radius 3 is 2.67 bits per heavy atom. The van der Waals surface area contributed by atoms with Crippen LogP contribution in [0.3, 0.4) is 0 Å². The summed E-state index contributed by atoms with van der Waals surface area (Å²) in [5.74, 6) is -0.0862. The Balaban J connectivity index is 1.96. The SMILES string of the molecule is CC(=O)N1CCCc2cc(S(=O)(=O)Nc3cccc([N+](=O)[O-])c3C)ccc21. The fourth-order valence-electron chi connectivity index (χ4n) is 3.20. The molecule has 8 nitrogen and oxygen atoms in total. The van der Waals surface area contributed by atoms with Gasteiger partial charge in [-0.25, -0.2) is 8.42 Å². The van der Waals surface area contributed by atoms with Crippen molar-refractivity contribution < 1.29 is 18.1 Å². The summed E-state index contributed by atoms with van der Waals surface area (Å²) in [7, 11) is -3.93. The monoisotopic (exact) mass is 389 g/mol. The van der Waals surface area contributed by atoms with Crippen molar-refractivity contribution in [2.45, 2.75) is 31.6 Å². The molecule has 1 N–H and O–H groups in total. The van der Waals surface area contributed by atoms with E-state index in [0.29, 0.717) is 13.0 Å². The maximum Gasteiger partial charge on any atom is 0.274 e. The predicted molar refractivity (Wildman–Crippen MR) is 101 cm³/mol. The van der Waals surface area contributed by atoms with E-state index in [0.717, 1.165) is 17.7 Å². The first-order valence-electron chi connectivity index (χ1n) is 8.38. The van der Waals surface area contributed by atoms with Gasteiger partial charge >= 0.3 is 0 Å². The van der Waals surface area contributed by atoms with Crippen LogP contribution in [-0.2, 0) is 21.2 Å². The lowest BCUT2D eigenvalue weighted by Crippen LogP contribution is -2.33. The quantitative estimate of drug-likeness (QED) is 0.638. The summed E-state index contributed by atoms with van der Waals surface area (Å²) in [6, 6.07) is 8.86. The Kier molecular flexibility index (Phi) is 4.88. The zero-order valence-corrected chi connectivity index (χ0v) is 15.7. The molecule has 1 amide bonds. The summed E-state index contributed by atoms with van der Waals surface area (Å²) in [6.07, 6.45) is 1.44. The Labute approximate surface area is 157 Å². The average Bonchev–Trinajstić information content (AvgIpc) is 2.62. The van der Waals surface area contributed by atoms with Crippen molar-refractivity contribution in [1.29, 1.82) is 0 Å². The summed E-state index contributed by atoms with van der Waals surface area (Å²) >= 11 is 0. The molecule has 1 aliphatic rings. The van der Waals surface area contributed by atoms with Crippen molar-refractivity contribution in [3.8, 4) is 0 Å². The van der Waals surface area contributed by atoms with Gasteiger partial charge in [0.05, 0.1) is 21.1 Å². The normalized spacial score (nSPS) is 13.8. The summed E-state index contributed by atoms with van der Waals surface area (Å²) in [5, 5.41) is 11.1. The van der Waals surface area contributed by atoms with Gasteiger partial charge in [0.25, 0.3) is 15.7 Å². The Bertz CT molecular complexity index is 1030.